The van der Waals surface area contributed by atoms with E-state index >= 15 is 0 Å². The van der Waals surface area contributed by atoms with Crippen LogP contribution in [0.1, 0.15) is 22.2 Å². The number of anilines is 2. The standard InChI is InChI=1S/C22H21N3O3S/c1-15(26)23-17-9-5-10-18(14-17)24-21(27)19(13-16-7-3-2-4-8-16)25-22(28)20-11-6-12-29-20/h2-12,14,19H,13H2,1H3,(H,23,26)(H,24,27)(H,25,28). The Hall–Kier alpha value is -3.45. The van der Waals surface area contributed by atoms with Crippen molar-refractivity contribution in [3.8, 4) is 0 Å². The maximum absolute atomic E-state index is 12.9. The molecular weight excluding hydrogens is 386 g/mol. The first-order chi connectivity index (χ1) is 14.0. The molecule has 0 bridgehead atoms. The average Bonchev–Trinajstić information content (AvgIpc) is 3.23. The van der Waals surface area contributed by atoms with E-state index in [1.165, 1.54) is 18.3 Å². The van der Waals surface area contributed by atoms with Crippen LogP contribution in [0.4, 0.5) is 11.4 Å². The highest BCUT2D eigenvalue weighted by molar-refractivity contribution is 7.12. The Kier molecular flexibility index (Phi) is 6.76. The predicted molar refractivity (Wildman–Crippen MR) is 115 cm³/mol. The summed E-state index contributed by atoms with van der Waals surface area (Å²) in [5.41, 5.74) is 2.05. The highest BCUT2D eigenvalue weighted by Gasteiger charge is 2.22. The van der Waals surface area contributed by atoms with Gasteiger partial charge in [0, 0.05) is 24.7 Å². The molecular formula is C22H21N3O3S. The average molecular weight is 407 g/mol. The van der Waals surface area contributed by atoms with Crippen molar-refractivity contribution in [3.05, 3.63) is 82.6 Å². The summed E-state index contributed by atoms with van der Waals surface area (Å²) in [6, 6.07) is 19.1. The van der Waals surface area contributed by atoms with Gasteiger partial charge in [-0.3, -0.25) is 14.4 Å². The van der Waals surface area contributed by atoms with Gasteiger partial charge in [-0.15, -0.1) is 11.3 Å². The molecule has 0 radical (unpaired) electrons. The van der Waals surface area contributed by atoms with Crippen molar-refractivity contribution in [1.82, 2.24) is 5.32 Å². The van der Waals surface area contributed by atoms with Crippen LogP contribution in [0.2, 0.25) is 0 Å². The number of hydrogen-bond acceptors (Lipinski definition) is 4. The van der Waals surface area contributed by atoms with Crippen molar-refractivity contribution < 1.29 is 14.4 Å². The zero-order valence-corrected chi connectivity index (χ0v) is 16.7. The summed E-state index contributed by atoms with van der Waals surface area (Å²) in [4.78, 5) is 37.2. The van der Waals surface area contributed by atoms with E-state index in [1.807, 2.05) is 35.7 Å². The van der Waals surface area contributed by atoms with Gasteiger partial charge in [-0.2, -0.15) is 0 Å². The van der Waals surface area contributed by atoms with Gasteiger partial charge in [0.25, 0.3) is 5.91 Å². The third-order valence-electron chi connectivity index (χ3n) is 4.10. The lowest BCUT2D eigenvalue weighted by Gasteiger charge is -2.19. The van der Waals surface area contributed by atoms with E-state index in [0.717, 1.165) is 5.56 Å². The van der Waals surface area contributed by atoms with E-state index < -0.39 is 6.04 Å². The van der Waals surface area contributed by atoms with Crippen LogP contribution in [-0.2, 0) is 16.0 Å². The highest BCUT2D eigenvalue weighted by Crippen LogP contribution is 2.16. The molecule has 3 amide bonds. The summed E-state index contributed by atoms with van der Waals surface area (Å²) in [5.74, 6) is -0.819. The summed E-state index contributed by atoms with van der Waals surface area (Å²) in [6.07, 6.45) is 0.356. The van der Waals surface area contributed by atoms with Gasteiger partial charge in [0.1, 0.15) is 6.04 Å². The fourth-order valence-electron chi connectivity index (χ4n) is 2.80. The summed E-state index contributed by atoms with van der Waals surface area (Å²) in [5, 5.41) is 10.1. The second-order valence-electron chi connectivity index (χ2n) is 6.44. The molecule has 148 valence electrons. The molecule has 3 N–H and O–H groups in total. The number of carbonyl (C=O) groups is 3. The summed E-state index contributed by atoms with van der Waals surface area (Å²) in [7, 11) is 0. The Morgan fingerprint density at radius 3 is 2.28 bits per heavy atom. The minimum Gasteiger partial charge on any atom is -0.339 e. The van der Waals surface area contributed by atoms with Crippen LogP contribution in [0.3, 0.4) is 0 Å². The first-order valence-electron chi connectivity index (χ1n) is 9.08. The van der Waals surface area contributed by atoms with Crippen LogP contribution >= 0.6 is 11.3 Å². The molecule has 29 heavy (non-hydrogen) atoms. The van der Waals surface area contributed by atoms with Gasteiger partial charge in [-0.05, 0) is 35.2 Å². The van der Waals surface area contributed by atoms with Gasteiger partial charge in [0.05, 0.1) is 4.88 Å². The third-order valence-corrected chi connectivity index (χ3v) is 4.97. The molecule has 2 aromatic carbocycles. The minimum absolute atomic E-state index is 0.196. The second kappa shape index (κ2) is 9.66. The Morgan fingerprint density at radius 1 is 0.897 bits per heavy atom. The van der Waals surface area contributed by atoms with Gasteiger partial charge in [-0.25, -0.2) is 0 Å². The van der Waals surface area contributed by atoms with Crippen molar-refractivity contribution in [2.24, 2.45) is 0 Å². The largest absolute Gasteiger partial charge is 0.339 e. The first-order valence-corrected chi connectivity index (χ1v) is 9.96. The molecule has 6 nitrogen and oxygen atoms in total. The number of nitrogens with one attached hydrogen (secondary N) is 3. The normalized spacial score (nSPS) is 11.3. The maximum Gasteiger partial charge on any atom is 0.262 e. The van der Waals surface area contributed by atoms with Crippen molar-refractivity contribution >= 4 is 40.4 Å². The monoisotopic (exact) mass is 407 g/mol. The van der Waals surface area contributed by atoms with Crippen LogP contribution in [0.15, 0.2) is 72.1 Å². The van der Waals surface area contributed by atoms with Gasteiger partial charge in [0.2, 0.25) is 11.8 Å². The van der Waals surface area contributed by atoms with E-state index in [9.17, 15) is 14.4 Å². The fourth-order valence-corrected chi connectivity index (χ4v) is 3.43. The Morgan fingerprint density at radius 2 is 1.62 bits per heavy atom. The summed E-state index contributed by atoms with van der Waals surface area (Å²) in [6.45, 7) is 1.42. The fraction of sp³-hybridized carbons (Fsp3) is 0.136. The Balaban J connectivity index is 1.76. The van der Waals surface area contributed by atoms with Crippen LogP contribution in [0, 0.1) is 0 Å². The molecule has 0 aliphatic carbocycles. The molecule has 1 unspecified atom stereocenters. The van der Waals surface area contributed by atoms with Crippen molar-refractivity contribution in [2.45, 2.75) is 19.4 Å². The number of benzene rings is 2. The highest BCUT2D eigenvalue weighted by atomic mass is 32.1. The lowest BCUT2D eigenvalue weighted by atomic mass is 10.0. The Labute approximate surface area is 173 Å². The molecule has 3 rings (SSSR count). The van der Waals surface area contributed by atoms with Gasteiger partial charge >= 0.3 is 0 Å². The Bertz CT molecular complexity index is 988. The smallest absolute Gasteiger partial charge is 0.262 e. The SMILES string of the molecule is CC(=O)Nc1cccc(NC(=O)C(Cc2ccccc2)NC(=O)c2cccs2)c1. The maximum atomic E-state index is 12.9. The first kappa shape index (κ1) is 20.3. The van der Waals surface area contributed by atoms with E-state index in [4.69, 9.17) is 0 Å². The molecule has 0 saturated carbocycles. The van der Waals surface area contributed by atoms with Gasteiger partial charge in [0.15, 0.2) is 0 Å². The molecule has 1 aromatic heterocycles. The number of hydrogen-bond donors (Lipinski definition) is 3. The molecule has 1 heterocycles. The van der Waals surface area contributed by atoms with Crippen molar-refractivity contribution in [3.63, 3.8) is 0 Å². The van der Waals surface area contributed by atoms with E-state index in [1.54, 1.807) is 36.4 Å². The van der Waals surface area contributed by atoms with E-state index in [-0.39, 0.29) is 17.7 Å². The number of carbonyl (C=O) groups excluding carboxylic acids is 3. The molecule has 0 fully saturated rings. The molecule has 7 heteroatoms. The lowest BCUT2D eigenvalue weighted by molar-refractivity contribution is -0.118. The molecule has 3 aromatic rings. The van der Waals surface area contributed by atoms with Gasteiger partial charge in [-0.1, -0.05) is 42.5 Å². The van der Waals surface area contributed by atoms with Crippen LogP contribution in [0.5, 0.6) is 0 Å². The van der Waals surface area contributed by atoms with Gasteiger partial charge < -0.3 is 16.0 Å². The molecule has 1 atom stereocenters. The van der Waals surface area contributed by atoms with Crippen LogP contribution in [0.25, 0.3) is 0 Å². The number of thiophene rings is 1. The molecule has 0 saturated heterocycles. The molecule has 0 aliphatic rings. The quantitative estimate of drug-likeness (QED) is 0.558. The van der Waals surface area contributed by atoms with E-state index in [2.05, 4.69) is 16.0 Å². The zero-order chi connectivity index (χ0) is 20.6. The molecule has 0 aliphatic heterocycles. The third kappa shape index (κ3) is 6.02. The molecule has 0 spiro atoms. The van der Waals surface area contributed by atoms with Crippen LogP contribution < -0.4 is 16.0 Å². The van der Waals surface area contributed by atoms with Crippen molar-refractivity contribution in [1.29, 1.82) is 0 Å². The topological polar surface area (TPSA) is 87.3 Å². The zero-order valence-electron chi connectivity index (χ0n) is 15.8. The summed E-state index contributed by atoms with van der Waals surface area (Å²) < 4.78 is 0. The minimum atomic E-state index is -0.753. The number of rotatable bonds is 7. The lowest BCUT2D eigenvalue weighted by Crippen LogP contribution is -2.45. The van der Waals surface area contributed by atoms with Crippen molar-refractivity contribution in [2.75, 3.05) is 10.6 Å². The summed E-state index contributed by atoms with van der Waals surface area (Å²) >= 11 is 1.32. The second-order valence-corrected chi connectivity index (χ2v) is 7.39. The van der Waals surface area contributed by atoms with Crippen LogP contribution in [-0.4, -0.2) is 23.8 Å². The van der Waals surface area contributed by atoms with E-state index in [0.29, 0.717) is 22.7 Å². The number of amides is 3. The predicted octanol–water partition coefficient (Wildman–Crippen LogP) is 3.69.